The lowest BCUT2D eigenvalue weighted by Gasteiger charge is -2.14. The molecule has 0 saturated heterocycles. The van der Waals surface area contributed by atoms with Gasteiger partial charge in [0.2, 0.25) is 12.7 Å². The van der Waals surface area contributed by atoms with Gasteiger partial charge in [0, 0.05) is 25.1 Å². The highest BCUT2D eigenvalue weighted by atomic mass is 16.7. The summed E-state index contributed by atoms with van der Waals surface area (Å²) in [6, 6.07) is 5.18. The zero-order valence-corrected chi connectivity index (χ0v) is 12.6. The average Bonchev–Trinajstić information content (AvgIpc) is 2.96. The highest BCUT2D eigenvalue weighted by Crippen LogP contribution is 2.35. The van der Waals surface area contributed by atoms with Crippen molar-refractivity contribution in [3.05, 3.63) is 18.2 Å². The number of carbonyl (C=O) groups is 1. The number of amides is 1. The SMILES string of the molecule is CC(N)CCC(=O)NCC(O)COc1ccc2c(c1)OCO2. The van der Waals surface area contributed by atoms with Crippen LogP contribution in [0.1, 0.15) is 19.8 Å². The first kappa shape index (κ1) is 16.4. The Labute approximate surface area is 129 Å². The van der Waals surface area contributed by atoms with Crippen LogP contribution in [0.5, 0.6) is 17.2 Å². The molecule has 0 bridgehead atoms. The molecule has 1 heterocycles. The van der Waals surface area contributed by atoms with E-state index >= 15 is 0 Å². The second-order valence-corrected chi connectivity index (χ2v) is 5.30. The maximum Gasteiger partial charge on any atom is 0.231 e. The number of nitrogens with one attached hydrogen (secondary N) is 1. The van der Waals surface area contributed by atoms with Crippen LogP contribution >= 0.6 is 0 Å². The summed E-state index contributed by atoms with van der Waals surface area (Å²) in [5, 5.41) is 12.5. The number of ether oxygens (including phenoxy) is 3. The van der Waals surface area contributed by atoms with Gasteiger partial charge in [0.15, 0.2) is 11.5 Å². The van der Waals surface area contributed by atoms with Gasteiger partial charge in [0.1, 0.15) is 18.5 Å². The molecule has 4 N–H and O–H groups in total. The standard InChI is InChI=1S/C15H22N2O5/c1-10(16)2-5-15(19)17-7-11(18)8-20-12-3-4-13-14(6-12)22-9-21-13/h3-4,6,10-11,18H,2,5,7-9,16H2,1H3,(H,17,19). The first-order chi connectivity index (χ1) is 10.5. The zero-order valence-electron chi connectivity index (χ0n) is 12.6. The summed E-state index contributed by atoms with van der Waals surface area (Å²) in [4.78, 5) is 11.5. The van der Waals surface area contributed by atoms with Crippen molar-refractivity contribution in [2.75, 3.05) is 19.9 Å². The quantitative estimate of drug-likeness (QED) is 0.642. The topological polar surface area (TPSA) is 103 Å². The van der Waals surface area contributed by atoms with Crippen molar-refractivity contribution in [1.82, 2.24) is 5.32 Å². The molecule has 1 amide bonds. The molecule has 7 nitrogen and oxygen atoms in total. The summed E-state index contributed by atoms with van der Waals surface area (Å²) in [6.07, 6.45) is 0.188. The molecule has 0 fully saturated rings. The number of aliphatic hydroxyl groups excluding tert-OH is 1. The molecule has 2 atom stereocenters. The van der Waals surface area contributed by atoms with Crippen LogP contribution in [0.3, 0.4) is 0 Å². The Balaban J connectivity index is 1.67. The van der Waals surface area contributed by atoms with E-state index in [4.69, 9.17) is 19.9 Å². The number of benzene rings is 1. The molecule has 0 spiro atoms. The molecule has 1 aliphatic rings. The van der Waals surface area contributed by atoms with E-state index in [0.717, 1.165) is 0 Å². The van der Waals surface area contributed by atoms with Gasteiger partial charge in [-0.25, -0.2) is 0 Å². The molecular weight excluding hydrogens is 288 g/mol. The van der Waals surface area contributed by atoms with E-state index in [1.54, 1.807) is 18.2 Å². The van der Waals surface area contributed by atoms with E-state index < -0.39 is 6.10 Å². The van der Waals surface area contributed by atoms with E-state index in [0.29, 0.717) is 30.1 Å². The Morgan fingerprint density at radius 1 is 1.45 bits per heavy atom. The molecule has 0 aliphatic carbocycles. The van der Waals surface area contributed by atoms with Gasteiger partial charge in [0.05, 0.1) is 0 Å². The third kappa shape index (κ3) is 5.09. The van der Waals surface area contributed by atoms with E-state index in [-0.39, 0.29) is 31.9 Å². The van der Waals surface area contributed by atoms with Gasteiger partial charge in [-0.2, -0.15) is 0 Å². The van der Waals surface area contributed by atoms with Crippen LogP contribution < -0.4 is 25.3 Å². The molecule has 1 aromatic carbocycles. The normalized spacial score (nSPS) is 15.2. The summed E-state index contributed by atoms with van der Waals surface area (Å²) >= 11 is 0. The van der Waals surface area contributed by atoms with Gasteiger partial charge in [-0.15, -0.1) is 0 Å². The van der Waals surface area contributed by atoms with Crippen molar-refractivity contribution in [2.45, 2.75) is 31.9 Å². The summed E-state index contributed by atoms with van der Waals surface area (Å²) in [7, 11) is 0. The van der Waals surface area contributed by atoms with Gasteiger partial charge >= 0.3 is 0 Å². The van der Waals surface area contributed by atoms with Crippen molar-refractivity contribution < 1.29 is 24.1 Å². The van der Waals surface area contributed by atoms with Crippen molar-refractivity contribution in [1.29, 1.82) is 0 Å². The minimum atomic E-state index is -0.787. The Hall–Kier alpha value is -1.99. The molecule has 122 valence electrons. The smallest absolute Gasteiger partial charge is 0.231 e. The minimum Gasteiger partial charge on any atom is -0.491 e. The maximum atomic E-state index is 11.5. The van der Waals surface area contributed by atoms with E-state index in [2.05, 4.69) is 5.32 Å². The fourth-order valence-electron chi connectivity index (χ4n) is 1.90. The number of aliphatic hydroxyl groups is 1. The Bertz CT molecular complexity index is 507. The molecule has 2 unspecified atom stereocenters. The molecule has 22 heavy (non-hydrogen) atoms. The molecule has 0 radical (unpaired) electrons. The lowest BCUT2D eigenvalue weighted by molar-refractivity contribution is -0.121. The number of hydrogen-bond donors (Lipinski definition) is 3. The lowest BCUT2D eigenvalue weighted by atomic mass is 10.2. The van der Waals surface area contributed by atoms with Crippen LogP contribution in [-0.2, 0) is 4.79 Å². The molecule has 1 aromatic rings. The van der Waals surface area contributed by atoms with Gasteiger partial charge in [-0.1, -0.05) is 0 Å². The molecule has 2 rings (SSSR count). The highest BCUT2D eigenvalue weighted by molar-refractivity contribution is 5.75. The molecule has 0 saturated carbocycles. The Morgan fingerprint density at radius 2 is 2.23 bits per heavy atom. The summed E-state index contributed by atoms with van der Waals surface area (Å²) < 4.78 is 15.9. The molecule has 0 aromatic heterocycles. The van der Waals surface area contributed by atoms with Crippen molar-refractivity contribution in [3.8, 4) is 17.2 Å². The first-order valence-electron chi connectivity index (χ1n) is 7.27. The second-order valence-electron chi connectivity index (χ2n) is 5.30. The third-order valence-electron chi connectivity index (χ3n) is 3.15. The van der Waals surface area contributed by atoms with Crippen molar-refractivity contribution in [2.24, 2.45) is 5.73 Å². The van der Waals surface area contributed by atoms with Crippen LogP contribution in [-0.4, -0.2) is 43.1 Å². The number of hydrogen-bond acceptors (Lipinski definition) is 6. The number of rotatable bonds is 8. The molecular formula is C15H22N2O5. The number of carbonyl (C=O) groups excluding carboxylic acids is 1. The van der Waals surface area contributed by atoms with Crippen molar-refractivity contribution in [3.63, 3.8) is 0 Å². The van der Waals surface area contributed by atoms with Gasteiger partial charge in [-0.3, -0.25) is 4.79 Å². The third-order valence-corrected chi connectivity index (χ3v) is 3.15. The first-order valence-corrected chi connectivity index (χ1v) is 7.27. The minimum absolute atomic E-state index is 0.00925. The average molecular weight is 310 g/mol. The lowest BCUT2D eigenvalue weighted by Crippen LogP contribution is -2.35. The van der Waals surface area contributed by atoms with Gasteiger partial charge in [-0.05, 0) is 25.5 Å². The largest absolute Gasteiger partial charge is 0.491 e. The van der Waals surface area contributed by atoms with Crippen molar-refractivity contribution >= 4 is 5.91 Å². The van der Waals surface area contributed by atoms with E-state index in [1.165, 1.54) is 0 Å². The van der Waals surface area contributed by atoms with Crippen LogP contribution in [0, 0.1) is 0 Å². The molecule has 7 heteroatoms. The predicted molar refractivity (Wildman–Crippen MR) is 80.0 cm³/mol. The Morgan fingerprint density at radius 3 is 3.00 bits per heavy atom. The fourth-order valence-corrected chi connectivity index (χ4v) is 1.90. The van der Waals surface area contributed by atoms with Crippen LogP contribution in [0.2, 0.25) is 0 Å². The second kappa shape index (κ2) is 7.86. The fraction of sp³-hybridized carbons (Fsp3) is 0.533. The number of fused-ring (bicyclic) bond motifs is 1. The molecule has 1 aliphatic heterocycles. The summed E-state index contributed by atoms with van der Waals surface area (Å²) in [5.41, 5.74) is 5.58. The highest BCUT2D eigenvalue weighted by Gasteiger charge is 2.14. The van der Waals surface area contributed by atoms with E-state index in [9.17, 15) is 9.90 Å². The van der Waals surface area contributed by atoms with Gasteiger partial charge < -0.3 is 30.4 Å². The maximum absolute atomic E-state index is 11.5. The predicted octanol–water partition coefficient (Wildman–Crippen LogP) is 0.399. The van der Waals surface area contributed by atoms with Crippen LogP contribution in [0.25, 0.3) is 0 Å². The summed E-state index contributed by atoms with van der Waals surface area (Å²) in [5.74, 6) is 1.75. The number of nitrogens with two attached hydrogens (primary N) is 1. The summed E-state index contributed by atoms with van der Waals surface area (Å²) in [6.45, 7) is 2.27. The zero-order chi connectivity index (χ0) is 15.9. The van der Waals surface area contributed by atoms with Gasteiger partial charge in [0.25, 0.3) is 0 Å². The van der Waals surface area contributed by atoms with Crippen LogP contribution in [0.15, 0.2) is 18.2 Å². The van der Waals surface area contributed by atoms with E-state index in [1.807, 2.05) is 6.92 Å². The van der Waals surface area contributed by atoms with Crippen LogP contribution in [0.4, 0.5) is 0 Å². The Kier molecular flexibility index (Phi) is 5.85. The monoisotopic (exact) mass is 310 g/mol.